The predicted molar refractivity (Wildman–Crippen MR) is 198 cm³/mol. The van der Waals surface area contributed by atoms with Crippen LogP contribution in [0.1, 0.15) is 136 Å². The summed E-state index contributed by atoms with van der Waals surface area (Å²) in [6.07, 6.45) is 21.3. The van der Waals surface area contributed by atoms with Crippen LogP contribution in [0.2, 0.25) is 13.3 Å². The van der Waals surface area contributed by atoms with Crippen molar-refractivity contribution in [1.82, 2.24) is 0 Å². The number of hydrogen-bond acceptors (Lipinski definition) is 2. The number of ketones is 1. The third-order valence-electron chi connectivity index (χ3n) is 13.6. The number of carbonyl (C=O) groups is 1. The van der Waals surface area contributed by atoms with E-state index in [0.717, 1.165) is 18.8 Å². The van der Waals surface area contributed by atoms with Crippen LogP contribution in [0, 0.1) is 22.7 Å². The zero-order chi connectivity index (χ0) is 32.4. The molecule has 2 nitrogen and oxygen atoms in total. The molecule has 0 spiro atoms. The Hall–Kier alpha value is -1.29. The van der Waals surface area contributed by atoms with E-state index in [4.69, 9.17) is 0 Å². The Labute approximate surface area is 281 Å². The summed E-state index contributed by atoms with van der Waals surface area (Å²) in [4.78, 5) is 14.7. The third-order valence-corrected chi connectivity index (χ3v) is 30.0. The summed E-state index contributed by atoms with van der Waals surface area (Å²) in [6.45, 7) is 15.3. The van der Waals surface area contributed by atoms with Crippen molar-refractivity contribution in [2.24, 2.45) is 22.7 Å². The molecule has 1 aromatic carbocycles. The Balaban J connectivity index is 1.60. The average Bonchev–Trinajstić information content (AvgIpc) is 3.29. The van der Waals surface area contributed by atoms with E-state index < -0.39 is 18.4 Å². The minimum absolute atomic E-state index is 0.255. The number of allylic oxidation sites excluding steroid dienone is 6. The molecule has 2 fully saturated rings. The normalized spacial score (nSPS) is 30.1. The zero-order valence-electron chi connectivity index (χ0n) is 30.4. The standard InChI is InChI=1S/C30H38NO.3C4H9.Sn/c1-6-16-29(2)17-15-27-25-13-9-21-18-23(32)12-14-24(21)28(25)26(19-30(27,29)3)20-7-10-22(11-8-20)31(4)5;3*1-3-4-2;/h7-8,10-11,16,18,25-27H,9,12-15,17,19H2,1-5H3;3*1,3-4H2,2H3;/t25-,26+,27-,29+,30-;;;;/m0..../s1. The molecule has 0 heterocycles. The van der Waals surface area contributed by atoms with Gasteiger partial charge in [-0.05, 0) is 0 Å². The molecule has 0 amide bonds. The second kappa shape index (κ2) is 14.4. The van der Waals surface area contributed by atoms with Gasteiger partial charge in [-0.1, -0.05) is 0 Å². The van der Waals surface area contributed by atoms with E-state index in [0.29, 0.717) is 24.0 Å². The van der Waals surface area contributed by atoms with Gasteiger partial charge in [0.25, 0.3) is 0 Å². The van der Waals surface area contributed by atoms with E-state index in [2.05, 4.69) is 90.9 Å². The van der Waals surface area contributed by atoms with E-state index in [1.807, 2.05) is 9.67 Å². The van der Waals surface area contributed by atoms with Crippen molar-refractivity contribution in [1.29, 1.82) is 0 Å². The van der Waals surface area contributed by atoms with Crippen molar-refractivity contribution in [3.63, 3.8) is 0 Å². The van der Waals surface area contributed by atoms with Crippen LogP contribution >= 0.6 is 0 Å². The number of rotatable bonds is 13. The summed E-state index contributed by atoms with van der Waals surface area (Å²) in [5, 5.41) is 0. The van der Waals surface area contributed by atoms with Gasteiger partial charge in [-0.2, -0.15) is 0 Å². The number of fused-ring (bicyclic) bond motifs is 4. The first kappa shape index (κ1) is 35.0. The number of anilines is 1. The van der Waals surface area contributed by atoms with Gasteiger partial charge in [0, 0.05) is 0 Å². The molecular weight excluding hydrogens is 653 g/mol. The third kappa shape index (κ3) is 6.71. The van der Waals surface area contributed by atoms with Gasteiger partial charge in [0.15, 0.2) is 0 Å². The fourth-order valence-electron chi connectivity index (χ4n) is 10.6. The van der Waals surface area contributed by atoms with Gasteiger partial charge in [0.2, 0.25) is 0 Å². The Kier molecular flexibility index (Phi) is 11.2. The number of hydrogen-bond donors (Lipinski definition) is 0. The van der Waals surface area contributed by atoms with Gasteiger partial charge in [-0.15, -0.1) is 0 Å². The van der Waals surface area contributed by atoms with Crippen LogP contribution in [0.15, 0.2) is 56.7 Å². The van der Waals surface area contributed by atoms with Gasteiger partial charge in [0.05, 0.1) is 0 Å². The van der Waals surface area contributed by atoms with Gasteiger partial charge in [0.1, 0.15) is 0 Å². The molecule has 248 valence electrons. The van der Waals surface area contributed by atoms with Crippen LogP contribution in [0.25, 0.3) is 0 Å². The monoisotopic (exact) mass is 719 g/mol. The van der Waals surface area contributed by atoms with Crippen molar-refractivity contribution in [2.75, 3.05) is 19.0 Å². The Morgan fingerprint density at radius 2 is 1.53 bits per heavy atom. The fourth-order valence-corrected chi connectivity index (χ4v) is 26.7. The molecule has 0 saturated heterocycles. The van der Waals surface area contributed by atoms with Crippen LogP contribution in [-0.2, 0) is 4.79 Å². The molecule has 0 aromatic heterocycles. The molecule has 4 aliphatic rings. The maximum atomic E-state index is 12.5. The molecule has 2 saturated carbocycles. The van der Waals surface area contributed by atoms with Crippen LogP contribution in [0.3, 0.4) is 0 Å². The van der Waals surface area contributed by atoms with E-state index >= 15 is 0 Å². The minimum atomic E-state index is -2.48. The molecule has 0 N–H and O–H groups in total. The number of unbranched alkanes of at least 4 members (excludes halogenated alkanes) is 3. The zero-order valence-corrected chi connectivity index (χ0v) is 33.2. The van der Waals surface area contributed by atoms with Crippen molar-refractivity contribution < 1.29 is 4.79 Å². The molecule has 45 heavy (non-hydrogen) atoms. The Bertz CT molecular complexity index is 1280. The first-order valence-corrected chi connectivity index (χ1v) is 26.4. The molecule has 0 radical (unpaired) electrons. The summed E-state index contributed by atoms with van der Waals surface area (Å²) in [6, 6.07) is 9.55. The Morgan fingerprint density at radius 1 is 0.911 bits per heavy atom. The van der Waals surface area contributed by atoms with Crippen LogP contribution < -0.4 is 4.90 Å². The quantitative estimate of drug-likeness (QED) is 0.189. The molecule has 5 rings (SSSR count). The average molecular weight is 719 g/mol. The molecular formula is C42H65NOSn. The van der Waals surface area contributed by atoms with Crippen molar-refractivity contribution in [2.45, 2.75) is 144 Å². The maximum absolute atomic E-state index is 12.5. The van der Waals surface area contributed by atoms with Crippen molar-refractivity contribution >= 4 is 29.8 Å². The summed E-state index contributed by atoms with van der Waals surface area (Å²) in [5.74, 6) is 2.21. The number of nitrogens with zero attached hydrogens (tertiary/aromatic N) is 1. The van der Waals surface area contributed by atoms with E-state index in [9.17, 15) is 4.79 Å². The van der Waals surface area contributed by atoms with Crippen molar-refractivity contribution in [3.8, 4) is 0 Å². The summed E-state index contributed by atoms with van der Waals surface area (Å²) < 4.78 is 6.63. The fraction of sp³-hybridized carbons (Fsp3) is 0.690. The van der Waals surface area contributed by atoms with Crippen LogP contribution in [-0.4, -0.2) is 38.3 Å². The molecule has 5 atom stereocenters. The van der Waals surface area contributed by atoms with E-state index in [1.165, 1.54) is 81.0 Å². The van der Waals surface area contributed by atoms with E-state index in [1.54, 1.807) is 24.5 Å². The molecule has 0 aliphatic heterocycles. The number of carbonyl (C=O) groups excluding carboxylic acids is 1. The second-order valence-corrected chi connectivity index (χ2v) is 30.2. The van der Waals surface area contributed by atoms with Gasteiger partial charge >= 0.3 is 283 Å². The number of benzene rings is 1. The molecule has 0 unspecified atom stereocenters. The van der Waals surface area contributed by atoms with Crippen LogP contribution in [0.4, 0.5) is 5.69 Å². The molecule has 0 bridgehead atoms. The summed E-state index contributed by atoms with van der Waals surface area (Å²) in [5.41, 5.74) is 8.04. The van der Waals surface area contributed by atoms with E-state index in [-0.39, 0.29) is 10.8 Å². The van der Waals surface area contributed by atoms with Gasteiger partial charge in [-0.3, -0.25) is 0 Å². The van der Waals surface area contributed by atoms with Crippen molar-refractivity contribution in [3.05, 3.63) is 62.3 Å². The first-order chi connectivity index (χ1) is 21.5. The molecule has 4 aliphatic carbocycles. The SMILES string of the molecule is CCC[CH2][Sn]([CH2]CCC)([CH2]CCC)/[C](C)=C/[C@]1(C)CC[C@H]2[C@@H]3CCC4=CC(=O)CCC4=C3[C@@H](c3ccc(N(C)C)cc3)C[C@@]21C. The Morgan fingerprint density at radius 3 is 2.11 bits per heavy atom. The predicted octanol–water partition coefficient (Wildman–Crippen LogP) is 12.0. The summed E-state index contributed by atoms with van der Waals surface area (Å²) >= 11 is -2.48. The van der Waals surface area contributed by atoms with Crippen LogP contribution in [0.5, 0.6) is 0 Å². The van der Waals surface area contributed by atoms with Gasteiger partial charge < -0.3 is 0 Å². The van der Waals surface area contributed by atoms with Gasteiger partial charge in [-0.25, -0.2) is 0 Å². The molecule has 1 aromatic rings. The second-order valence-electron chi connectivity index (χ2n) is 16.4. The topological polar surface area (TPSA) is 20.3 Å². The summed E-state index contributed by atoms with van der Waals surface area (Å²) in [7, 11) is 4.29. The molecule has 3 heteroatoms. The first-order valence-electron chi connectivity index (χ1n) is 19.0.